The van der Waals surface area contributed by atoms with Crippen LogP contribution in [0.5, 0.6) is 0 Å². The molecule has 1 aliphatic heterocycles. The summed E-state index contributed by atoms with van der Waals surface area (Å²) in [6.07, 6.45) is -57.5. The molecule has 0 N–H and O–H groups in total. The molecule has 32 heteroatoms. The molecule has 6 nitrogen and oxygen atoms in total. The Morgan fingerprint density at radius 1 is 0.522 bits per heavy atom. The van der Waals surface area contributed by atoms with Crippen molar-refractivity contribution in [3.63, 3.8) is 0 Å². The maximum Gasteiger partial charge on any atom is 0.478 e. The summed E-state index contributed by atoms with van der Waals surface area (Å²) >= 11 is 0. The zero-order valence-electron chi connectivity index (χ0n) is 19.3. The van der Waals surface area contributed by atoms with Crippen molar-refractivity contribution in [2.45, 2.75) is 78.6 Å². The maximum atomic E-state index is 14.7. The molecule has 1 heterocycles. The zero-order valence-corrected chi connectivity index (χ0v) is 19.3. The van der Waals surface area contributed by atoms with Crippen LogP contribution in [-0.2, 0) is 28.5 Å². The Morgan fingerprint density at radius 2 is 0.913 bits per heavy atom. The first kappa shape index (κ1) is 41.7. The Hall–Kier alpha value is -2.35. The van der Waals surface area contributed by atoms with E-state index in [-0.39, 0.29) is 0 Å². The number of hydrogen-bond acceptors (Lipinski definition) is 6. The van der Waals surface area contributed by atoms with E-state index in [2.05, 4.69) is 0 Å². The molecule has 274 valence electrons. The molecule has 0 saturated carbocycles. The van der Waals surface area contributed by atoms with Crippen LogP contribution in [0.3, 0.4) is 0 Å². The summed E-state index contributed by atoms with van der Waals surface area (Å²) in [5.41, 5.74) is 0. The monoisotopic (exact) mass is 758 g/mol. The third-order valence-corrected chi connectivity index (χ3v) is 4.53. The van der Waals surface area contributed by atoms with E-state index in [0.29, 0.717) is 0 Å². The van der Waals surface area contributed by atoms with Gasteiger partial charge < -0.3 is 0 Å². The van der Waals surface area contributed by atoms with Crippen LogP contribution in [0.15, 0.2) is 0 Å². The van der Waals surface area contributed by atoms with Crippen LogP contribution in [-0.4, -0.2) is 84.6 Å². The highest BCUT2D eigenvalue weighted by atomic mass is 19.4. The number of alkyl halides is 25. The summed E-state index contributed by atoms with van der Waals surface area (Å²) in [6.45, 7) is 0. The van der Waals surface area contributed by atoms with Crippen molar-refractivity contribution in [2.75, 3.05) is 0 Å². The number of ether oxygens (including phenoxy) is 5. The molecule has 6 unspecified atom stereocenters. The van der Waals surface area contributed by atoms with Crippen molar-refractivity contribution < 1.29 is 143 Å². The molecule has 0 radical (unpaired) electrons. The predicted molar refractivity (Wildman–Crippen MR) is 74.7 cm³/mol. The highest BCUT2D eigenvalue weighted by Gasteiger charge is 2.94. The molecular weight excluding hydrogens is 758 g/mol. The van der Waals surface area contributed by atoms with Gasteiger partial charge in [-0.25, -0.2) is 4.74 Å². The lowest BCUT2D eigenvalue weighted by molar-refractivity contribution is -0.661. The summed E-state index contributed by atoms with van der Waals surface area (Å²) < 4.78 is 352. The van der Waals surface area contributed by atoms with E-state index in [1.54, 1.807) is 0 Å². The van der Waals surface area contributed by atoms with Crippen molar-refractivity contribution in [2.24, 2.45) is 0 Å². The molecule has 0 bridgehead atoms. The number of halogens is 26. The third kappa shape index (κ3) is 6.17. The van der Waals surface area contributed by atoms with E-state index in [4.69, 9.17) is 0 Å². The molecule has 46 heavy (non-hydrogen) atoms. The van der Waals surface area contributed by atoms with Gasteiger partial charge in [0.25, 0.3) is 0 Å². The molecule has 1 saturated heterocycles. The van der Waals surface area contributed by atoms with Gasteiger partial charge in [0.15, 0.2) is 0 Å². The normalized spacial score (nSPS) is 31.1. The summed E-state index contributed by atoms with van der Waals surface area (Å²) in [6, 6.07) is -21.8. The average molecular weight is 758 g/mol. The highest BCUT2D eigenvalue weighted by molar-refractivity contribution is 5.77. The molecule has 1 fully saturated rings. The molecule has 1 aliphatic rings. The van der Waals surface area contributed by atoms with Crippen molar-refractivity contribution in [1.82, 2.24) is 0 Å². The molecule has 0 aromatic heterocycles. The Morgan fingerprint density at radius 3 is 1.20 bits per heavy atom. The van der Waals surface area contributed by atoms with Crippen LogP contribution < -0.4 is 0 Å². The van der Waals surface area contributed by atoms with Gasteiger partial charge in [-0.05, 0) is 0 Å². The van der Waals surface area contributed by atoms with Gasteiger partial charge in [-0.15, -0.1) is 0 Å². The molecule has 1 rings (SSSR count). The number of rotatable bonds is 8. The van der Waals surface area contributed by atoms with E-state index >= 15 is 0 Å². The Labute approximate surface area is 229 Å². The highest BCUT2D eigenvalue weighted by Crippen LogP contribution is 2.64. The largest absolute Gasteiger partial charge is 0.478 e. The minimum absolute atomic E-state index is 1.17. The second kappa shape index (κ2) is 10.6. The first-order chi connectivity index (χ1) is 19.5. The fraction of sp³-hybridized carbons (Fsp3) is 0.929. The minimum atomic E-state index is -8.94. The SMILES string of the molecule is O=C(F)C(F)(OC(F)(OC(F)(F)C(F)(OC1(F)OC(F)(C(F)(F)F)C(F)(F)OC1(F)C(F)(F)F)C(F)(F)F)C(F)(F)F)C(F)(F)F. The number of carbonyl (C=O) groups excluding carboxylic acids is 1. The third-order valence-electron chi connectivity index (χ3n) is 4.53. The standard InChI is InChI=1S/C14F26O6/c15-1(41)2(16,6(20,21)22)42-14(40,10(32,33)34)46-12(37,38)4(18,8(26,27)28)45-13(39)5(19,9(29,30)31)43-11(35,36)3(17,44-13)7(23,24)25. The fourth-order valence-electron chi connectivity index (χ4n) is 2.37. The summed E-state index contributed by atoms with van der Waals surface area (Å²) in [4.78, 5) is 10.1. The molecule has 0 aromatic carbocycles. The summed E-state index contributed by atoms with van der Waals surface area (Å²) in [5.74, 6) is -32.7. The Bertz CT molecular complexity index is 1160. The second-order valence-corrected chi connectivity index (χ2v) is 7.76. The van der Waals surface area contributed by atoms with Crippen LogP contribution >= 0.6 is 0 Å². The topological polar surface area (TPSA) is 63.2 Å². The van der Waals surface area contributed by atoms with Crippen LogP contribution in [0.2, 0.25) is 0 Å². The fourth-order valence-corrected chi connectivity index (χ4v) is 2.37. The van der Waals surface area contributed by atoms with Gasteiger partial charge in [-0.2, -0.15) is 114 Å². The Balaban J connectivity index is 4.11. The summed E-state index contributed by atoms with van der Waals surface area (Å²) in [7, 11) is 0. The lowest BCUT2D eigenvalue weighted by atomic mass is 10.1. The number of hydrogen-bond donors (Lipinski definition) is 0. The lowest BCUT2D eigenvalue weighted by Gasteiger charge is -2.51. The molecule has 0 aromatic rings. The van der Waals surface area contributed by atoms with Gasteiger partial charge >= 0.3 is 84.6 Å². The van der Waals surface area contributed by atoms with Gasteiger partial charge in [0.2, 0.25) is 0 Å². The van der Waals surface area contributed by atoms with Gasteiger partial charge in [0, 0.05) is 0 Å². The smallest absolute Gasteiger partial charge is 0.266 e. The molecule has 0 amide bonds. The first-order valence-electron chi connectivity index (χ1n) is 9.41. The van der Waals surface area contributed by atoms with E-state index in [9.17, 15) is 119 Å². The number of carbonyl (C=O) groups is 1. The summed E-state index contributed by atoms with van der Waals surface area (Å²) in [5, 5.41) is 0. The molecule has 6 atom stereocenters. The van der Waals surface area contributed by atoms with E-state index in [1.807, 2.05) is 0 Å². The molecule has 0 spiro atoms. The van der Waals surface area contributed by atoms with Gasteiger partial charge in [-0.3, -0.25) is 23.7 Å². The maximum absolute atomic E-state index is 14.7. The van der Waals surface area contributed by atoms with Crippen LogP contribution in [0.25, 0.3) is 0 Å². The van der Waals surface area contributed by atoms with Crippen LogP contribution in [0.4, 0.5) is 114 Å². The van der Waals surface area contributed by atoms with Crippen molar-refractivity contribution in [3.05, 3.63) is 0 Å². The van der Waals surface area contributed by atoms with Crippen molar-refractivity contribution >= 4 is 6.04 Å². The van der Waals surface area contributed by atoms with Gasteiger partial charge in [-0.1, -0.05) is 0 Å². The predicted octanol–water partition coefficient (Wildman–Crippen LogP) is 7.49. The minimum Gasteiger partial charge on any atom is -0.266 e. The lowest BCUT2D eigenvalue weighted by Crippen LogP contribution is -2.79. The van der Waals surface area contributed by atoms with E-state index in [1.165, 1.54) is 23.7 Å². The van der Waals surface area contributed by atoms with E-state index in [0.717, 1.165) is 0 Å². The second-order valence-electron chi connectivity index (χ2n) is 7.76. The quantitative estimate of drug-likeness (QED) is 0.145. The van der Waals surface area contributed by atoms with E-state index < -0.39 is 84.6 Å². The van der Waals surface area contributed by atoms with Crippen molar-refractivity contribution in [3.8, 4) is 0 Å². The van der Waals surface area contributed by atoms with Crippen molar-refractivity contribution in [1.29, 1.82) is 0 Å². The van der Waals surface area contributed by atoms with Crippen LogP contribution in [0.1, 0.15) is 0 Å². The first-order valence-corrected chi connectivity index (χ1v) is 9.41. The van der Waals surface area contributed by atoms with Crippen LogP contribution in [0, 0.1) is 0 Å². The Kier molecular flexibility index (Phi) is 9.58. The van der Waals surface area contributed by atoms with Gasteiger partial charge in [0.05, 0.1) is 0 Å². The molecular formula is C14F26O6. The molecule has 0 aliphatic carbocycles. The van der Waals surface area contributed by atoms with Gasteiger partial charge in [0.1, 0.15) is 0 Å². The zero-order chi connectivity index (χ0) is 37.6. The average Bonchev–Trinajstić information content (AvgIpc) is 2.72.